The Labute approximate surface area is 94.7 Å². The molecule has 0 fully saturated rings. The van der Waals surface area contributed by atoms with Crippen LogP contribution in [-0.4, -0.2) is 23.7 Å². The van der Waals surface area contributed by atoms with Crippen LogP contribution in [0, 0.1) is 6.92 Å². The molecule has 0 radical (unpaired) electrons. The lowest BCUT2D eigenvalue weighted by atomic mass is 10.1. The lowest BCUT2D eigenvalue weighted by Gasteiger charge is -1.94. The monoisotopic (exact) mass is 217 g/mol. The van der Waals surface area contributed by atoms with Crippen molar-refractivity contribution in [1.29, 1.82) is 0 Å². The Morgan fingerprint density at radius 1 is 1.25 bits per heavy atom. The van der Waals surface area contributed by atoms with Crippen molar-refractivity contribution in [2.45, 2.75) is 13.3 Å². The van der Waals surface area contributed by atoms with E-state index in [1.165, 1.54) is 5.56 Å². The van der Waals surface area contributed by atoms with Gasteiger partial charge in [-0.05, 0) is 14.0 Å². The largest absolute Gasteiger partial charge is 0.339 e. The Bertz CT molecular complexity index is 448. The number of rotatable bonds is 4. The standard InChI is InChI=1S/C12H15N3O/c1-9-3-5-10(6-4-9)12-14-11(16-15-12)7-8-13-2/h3-6,13H,7-8H2,1-2H3. The van der Waals surface area contributed by atoms with Gasteiger partial charge in [0.15, 0.2) is 0 Å². The first kappa shape index (κ1) is 10.8. The van der Waals surface area contributed by atoms with E-state index in [0.29, 0.717) is 11.7 Å². The molecule has 2 aromatic rings. The summed E-state index contributed by atoms with van der Waals surface area (Å²) in [5.41, 5.74) is 2.22. The van der Waals surface area contributed by atoms with E-state index in [1.807, 2.05) is 31.3 Å². The molecule has 84 valence electrons. The first-order chi connectivity index (χ1) is 7.79. The Morgan fingerprint density at radius 3 is 2.69 bits per heavy atom. The summed E-state index contributed by atoms with van der Waals surface area (Å²) in [7, 11) is 1.90. The Balaban J connectivity index is 2.15. The summed E-state index contributed by atoms with van der Waals surface area (Å²) >= 11 is 0. The molecule has 1 N–H and O–H groups in total. The van der Waals surface area contributed by atoms with Crippen LogP contribution in [0.15, 0.2) is 28.8 Å². The molecule has 0 saturated carbocycles. The van der Waals surface area contributed by atoms with Gasteiger partial charge in [-0.3, -0.25) is 0 Å². The van der Waals surface area contributed by atoms with Gasteiger partial charge in [0.2, 0.25) is 11.7 Å². The summed E-state index contributed by atoms with van der Waals surface area (Å²) in [5, 5.41) is 7.00. The normalized spacial score (nSPS) is 10.6. The molecule has 1 aromatic heterocycles. The Hall–Kier alpha value is -1.68. The second kappa shape index (κ2) is 4.90. The van der Waals surface area contributed by atoms with E-state index in [0.717, 1.165) is 18.5 Å². The van der Waals surface area contributed by atoms with Crippen molar-refractivity contribution >= 4 is 0 Å². The maximum absolute atomic E-state index is 5.15. The molecule has 1 heterocycles. The molecule has 4 nitrogen and oxygen atoms in total. The van der Waals surface area contributed by atoms with Crippen molar-refractivity contribution in [1.82, 2.24) is 15.5 Å². The van der Waals surface area contributed by atoms with Gasteiger partial charge in [0.25, 0.3) is 0 Å². The van der Waals surface area contributed by atoms with Gasteiger partial charge in [0, 0.05) is 18.5 Å². The van der Waals surface area contributed by atoms with Gasteiger partial charge >= 0.3 is 0 Å². The van der Waals surface area contributed by atoms with Crippen molar-refractivity contribution < 1.29 is 4.52 Å². The average molecular weight is 217 g/mol. The van der Waals surface area contributed by atoms with Gasteiger partial charge in [-0.1, -0.05) is 35.0 Å². The van der Waals surface area contributed by atoms with E-state index < -0.39 is 0 Å². The molecule has 0 aliphatic heterocycles. The molecule has 0 aliphatic carbocycles. The van der Waals surface area contributed by atoms with Crippen LogP contribution in [0.4, 0.5) is 0 Å². The topological polar surface area (TPSA) is 51.0 Å². The van der Waals surface area contributed by atoms with Crippen LogP contribution in [-0.2, 0) is 6.42 Å². The molecule has 0 spiro atoms. The minimum atomic E-state index is 0.658. The SMILES string of the molecule is CNCCc1nc(-c2ccc(C)cc2)no1. The van der Waals surface area contributed by atoms with Gasteiger partial charge in [0.05, 0.1) is 0 Å². The fourth-order valence-electron chi connectivity index (χ4n) is 1.41. The summed E-state index contributed by atoms with van der Waals surface area (Å²) < 4.78 is 5.15. The van der Waals surface area contributed by atoms with Crippen molar-refractivity contribution in [3.8, 4) is 11.4 Å². The fourth-order valence-corrected chi connectivity index (χ4v) is 1.41. The van der Waals surface area contributed by atoms with Gasteiger partial charge in [0.1, 0.15) is 0 Å². The van der Waals surface area contributed by atoms with E-state index >= 15 is 0 Å². The van der Waals surface area contributed by atoms with E-state index in [4.69, 9.17) is 4.52 Å². The minimum absolute atomic E-state index is 0.658. The van der Waals surface area contributed by atoms with Crippen LogP contribution < -0.4 is 5.32 Å². The third-order valence-electron chi connectivity index (χ3n) is 2.37. The molecule has 16 heavy (non-hydrogen) atoms. The molecule has 4 heteroatoms. The smallest absolute Gasteiger partial charge is 0.228 e. The third-order valence-corrected chi connectivity index (χ3v) is 2.37. The van der Waals surface area contributed by atoms with Gasteiger partial charge in [-0.25, -0.2) is 0 Å². The Kier molecular flexibility index (Phi) is 3.31. The van der Waals surface area contributed by atoms with Gasteiger partial charge in [-0.15, -0.1) is 0 Å². The maximum atomic E-state index is 5.15. The molecule has 0 saturated heterocycles. The number of aromatic nitrogens is 2. The first-order valence-electron chi connectivity index (χ1n) is 5.34. The van der Waals surface area contributed by atoms with E-state index in [-0.39, 0.29) is 0 Å². The van der Waals surface area contributed by atoms with E-state index in [1.54, 1.807) is 0 Å². The van der Waals surface area contributed by atoms with Crippen LogP contribution >= 0.6 is 0 Å². The highest BCUT2D eigenvalue weighted by Gasteiger charge is 2.07. The van der Waals surface area contributed by atoms with E-state index in [2.05, 4.69) is 22.4 Å². The molecule has 0 atom stereocenters. The molecule has 0 aliphatic rings. The van der Waals surface area contributed by atoms with Crippen LogP contribution in [0.2, 0.25) is 0 Å². The number of aryl methyl sites for hydroxylation is 1. The number of benzene rings is 1. The number of hydrogen-bond donors (Lipinski definition) is 1. The maximum Gasteiger partial charge on any atom is 0.228 e. The van der Waals surface area contributed by atoms with Gasteiger partial charge in [-0.2, -0.15) is 4.98 Å². The summed E-state index contributed by atoms with van der Waals surface area (Å²) in [5.74, 6) is 1.33. The molecular weight excluding hydrogens is 202 g/mol. The molecule has 1 aromatic carbocycles. The second-order valence-electron chi connectivity index (χ2n) is 3.73. The quantitative estimate of drug-likeness (QED) is 0.848. The lowest BCUT2D eigenvalue weighted by molar-refractivity contribution is 0.377. The first-order valence-corrected chi connectivity index (χ1v) is 5.34. The summed E-state index contributed by atoms with van der Waals surface area (Å²) in [6.45, 7) is 2.90. The van der Waals surface area contributed by atoms with Crippen LogP contribution in [0.5, 0.6) is 0 Å². The minimum Gasteiger partial charge on any atom is -0.339 e. The highest BCUT2D eigenvalue weighted by atomic mass is 16.5. The summed E-state index contributed by atoms with van der Waals surface area (Å²) in [4.78, 5) is 4.33. The van der Waals surface area contributed by atoms with Crippen molar-refractivity contribution in [2.24, 2.45) is 0 Å². The fraction of sp³-hybridized carbons (Fsp3) is 0.333. The number of hydrogen-bond acceptors (Lipinski definition) is 4. The van der Waals surface area contributed by atoms with Gasteiger partial charge < -0.3 is 9.84 Å². The average Bonchev–Trinajstić information content (AvgIpc) is 2.76. The predicted octanol–water partition coefficient (Wildman–Crippen LogP) is 1.81. The molecule has 0 unspecified atom stereocenters. The highest BCUT2D eigenvalue weighted by molar-refractivity contribution is 5.54. The van der Waals surface area contributed by atoms with Crippen LogP contribution in [0.1, 0.15) is 11.5 Å². The number of nitrogens with zero attached hydrogens (tertiary/aromatic N) is 2. The number of nitrogens with one attached hydrogen (secondary N) is 1. The third kappa shape index (κ3) is 2.46. The lowest BCUT2D eigenvalue weighted by Crippen LogP contribution is -2.10. The molecule has 0 bridgehead atoms. The van der Waals surface area contributed by atoms with E-state index in [9.17, 15) is 0 Å². The molecular formula is C12H15N3O. The number of likely N-dealkylation sites (N-methyl/N-ethyl adjacent to an activating group) is 1. The van der Waals surface area contributed by atoms with Crippen molar-refractivity contribution in [3.63, 3.8) is 0 Å². The zero-order valence-corrected chi connectivity index (χ0v) is 9.53. The second-order valence-corrected chi connectivity index (χ2v) is 3.73. The molecule has 0 amide bonds. The predicted molar refractivity (Wildman–Crippen MR) is 62.1 cm³/mol. The zero-order valence-electron chi connectivity index (χ0n) is 9.53. The zero-order chi connectivity index (χ0) is 11.4. The summed E-state index contributed by atoms with van der Waals surface area (Å²) in [6, 6.07) is 8.09. The van der Waals surface area contributed by atoms with Crippen LogP contribution in [0.25, 0.3) is 11.4 Å². The van der Waals surface area contributed by atoms with Crippen molar-refractivity contribution in [3.05, 3.63) is 35.7 Å². The van der Waals surface area contributed by atoms with Crippen LogP contribution in [0.3, 0.4) is 0 Å². The Morgan fingerprint density at radius 2 is 2.00 bits per heavy atom. The summed E-state index contributed by atoms with van der Waals surface area (Å²) in [6.07, 6.45) is 0.759. The van der Waals surface area contributed by atoms with Crippen molar-refractivity contribution in [2.75, 3.05) is 13.6 Å². The molecule has 2 rings (SSSR count). The highest BCUT2D eigenvalue weighted by Crippen LogP contribution is 2.16.